The number of hydrogen-bond donors (Lipinski definition) is 1. The zero-order chi connectivity index (χ0) is 19.5. The predicted molar refractivity (Wildman–Crippen MR) is 93.5 cm³/mol. The lowest BCUT2D eigenvalue weighted by molar-refractivity contribution is -0.198. The highest BCUT2D eigenvalue weighted by Crippen LogP contribution is 2.48. The fourth-order valence-electron chi connectivity index (χ4n) is 3.71. The van der Waals surface area contributed by atoms with Gasteiger partial charge in [-0.05, 0) is 33.6 Å². The standard InChI is InChI=1S/C17H18N8O3/c1-5-6-9-19-8(2)10-15(20-9)25(7-18-10)16-13-11(27-17(3,4)28-13)12(26-16)14-21-23-24-22-14/h7,11-13,16H,1-4H3,(H,21,22,23,24)/t11-,12-,13?,16+/m0/s1. The van der Waals surface area contributed by atoms with Crippen molar-refractivity contribution in [1.82, 2.24) is 40.1 Å². The van der Waals surface area contributed by atoms with Crippen LogP contribution in [0.2, 0.25) is 0 Å². The molecule has 28 heavy (non-hydrogen) atoms. The summed E-state index contributed by atoms with van der Waals surface area (Å²) in [6.07, 6.45) is -0.188. The maximum atomic E-state index is 6.25. The van der Waals surface area contributed by atoms with Crippen LogP contribution in [0.3, 0.4) is 0 Å². The van der Waals surface area contributed by atoms with Crippen LogP contribution in [0, 0.1) is 18.8 Å². The largest absolute Gasteiger partial charge is 0.341 e. The average Bonchev–Trinajstić information content (AvgIpc) is 3.38. The Hall–Kier alpha value is -2.94. The van der Waals surface area contributed by atoms with E-state index < -0.39 is 30.3 Å². The highest BCUT2D eigenvalue weighted by molar-refractivity contribution is 5.73. The van der Waals surface area contributed by atoms with Gasteiger partial charge in [-0.25, -0.2) is 15.0 Å². The Kier molecular flexibility index (Phi) is 3.70. The molecule has 1 unspecified atom stereocenters. The summed E-state index contributed by atoms with van der Waals surface area (Å²) in [6.45, 7) is 7.35. The molecule has 2 saturated heterocycles. The second-order valence-electron chi connectivity index (χ2n) is 7.11. The van der Waals surface area contributed by atoms with Crippen molar-refractivity contribution in [3.05, 3.63) is 23.7 Å². The first kappa shape index (κ1) is 17.2. The van der Waals surface area contributed by atoms with Gasteiger partial charge >= 0.3 is 0 Å². The highest BCUT2D eigenvalue weighted by Gasteiger charge is 2.57. The van der Waals surface area contributed by atoms with E-state index in [1.165, 1.54) is 0 Å². The molecule has 11 nitrogen and oxygen atoms in total. The normalized spacial score (nSPS) is 28.3. The van der Waals surface area contributed by atoms with Crippen LogP contribution in [0.5, 0.6) is 0 Å². The lowest BCUT2D eigenvalue weighted by atomic mass is 10.1. The number of fused-ring (bicyclic) bond motifs is 2. The molecule has 0 bridgehead atoms. The number of tetrazole rings is 1. The predicted octanol–water partition coefficient (Wildman–Crippen LogP) is 0.809. The Balaban J connectivity index is 1.61. The number of nitrogens with zero attached hydrogens (tertiary/aromatic N) is 7. The van der Waals surface area contributed by atoms with Crippen LogP contribution in [0.1, 0.15) is 50.4 Å². The van der Waals surface area contributed by atoms with Gasteiger partial charge in [0.05, 0.1) is 12.0 Å². The zero-order valence-corrected chi connectivity index (χ0v) is 15.7. The second kappa shape index (κ2) is 6.03. The molecule has 0 amide bonds. The number of aromatic amines is 1. The van der Waals surface area contributed by atoms with E-state index in [0.29, 0.717) is 22.8 Å². The van der Waals surface area contributed by atoms with Crippen LogP contribution in [-0.4, -0.2) is 58.1 Å². The van der Waals surface area contributed by atoms with Crippen LogP contribution < -0.4 is 0 Å². The van der Waals surface area contributed by atoms with Crippen molar-refractivity contribution in [3.8, 4) is 11.8 Å². The minimum Gasteiger partial charge on any atom is -0.341 e. The monoisotopic (exact) mass is 382 g/mol. The van der Waals surface area contributed by atoms with Gasteiger partial charge in [0.25, 0.3) is 0 Å². The molecule has 0 aliphatic carbocycles. The summed E-state index contributed by atoms with van der Waals surface area (Å²) in [6, 6.07) is 0. The Morgan fingerprint density at radius 1 is 1.21 bits per heavy atom. The molecular weight excluding hydrogens is 364 g/mol. The molecule has 3 aromatic rings. The third-order valence-corrected chi connectivity index (χ3v) is 4.75. The fourth-order valence-corrected chi connectivity index (χ4v) is 3.71. The minimum atomic E-state index is -0.764. The van der Waals surface area contributed by atoms with E-state index >= 15 is 0 Å². The van der Waals surface area contributed by atoms with Gasteiger partial charge in [0.15, 0.2) is 23.8 Å². The van der Waals surface area contributed by atoms with Crippen LogP contribution in [0.25, 0.3) is 11.2 Å². The maximum Gasteiger partial charge on any atom is 0.207 e. The molecule has 2 aliphatic heterocycles. The van der Waals surface area contributed by atoms with Gasteiger partial charge < -0.3 is 14.2 Å². The van der Waals surface area contributed by atoms with E-state index in [1.807, 2.05) is 25.3 Å². The van der Waals surface area contributed by atoms with Gasteiger partial charge in [-0.15, -0.1) is 10.2 Å². The number of imidazole rings is 1. The summed E-state index contributed by atoms with van der Waals surface area (Å²) in [5, 5.41) is 14.2. The van der Waals surface area contributed by atoms with Crippen molar-refractivity contribution in [1.29, 1.82) is 0 Å². The van der Waals surface area contributed by atoms with Crippen LogP contribution >= 0.6 is 0 Å². The fraction of sp³-hybridized carbons (Fsp3) is 0.529. The molecule has 5 rings (SSSR count). The molecule has 0 radical (unpaired) electrons. The van der Waals surface area contributed by atoms with Crippen molar-refractivity contribution in [2.24, 2.45) is 0 Å². The highest BCUT2D eigenvalue weighted by atomic mass is 16.8. The summed E-state index contributed by atoms with van der Waals surface area (Å²) in [7, 11) is 0. The molecule has 11 heteroatoms. The van der Waals surface area contributed by atoms with Crippen molar-refractivity contribution in [2.75, 3.05) is 0 Å². The van der Waals surface area contributed by atoms with Crippen molar-refractivity contribution < 1.29 is 14.2 Å². The molecule has 3 aromatic heterocycles. The Bertz CT molecular complexity index is 1100. The number of H-pyrrole nitrogens is 1. The van der Waals surface area contributed by atoms with Gasteiger partial charge in [-0.1, -0.05) is 11.1 Å². The number of nitrogens with one attached hydrogen (secondary N) is 1. The van der Waals surface area contributed by atoms with Crippen molar-refractivity contribution in [3.63, 3.8) is 0 Å². The molecule has 2 fully saturated rings. The van der Waals surface area contributed by atoms with E-state index in [0.717, 1.165) is 5.69 Å². The number of ether oxygens (including phenoxy) is 3. The number of hydrogen-bond acceptors (Lipinski definition) is 9. The minimum absolute atomic E-state index is 0.395. The van der Waals surface area contributed by atoms with E-state index in [4.69, 9.17) is 14.2 Å². The van der Waals surface area contributed by atoms with Gasteiger partial charge in [0, 0.05) is 0 Å². The molecule has 4 atom stereocenters. The quantitative estimate of drug-likeness (QED) is 0.641. The van der Waals surface area contributed by atoms with Crippen LogP contribution in [-0.2, 0) is 14.2 Å². The second-order valence-corrected chi connectivity index (χ2v) is 7.11. The first-order valence-corrected chi connectivity index (χ1v) is 8.85. The van der Waals surface area contributed by atoms with E-state index in [2.05, 4.69) is 47.4 Å². The first-order chi connectivity index (χ1) is 13.5. The third kappa shape index (κ3) is 2.57. The van der Waals surface area contributed by atoms with E-state index in [1.54, 1.807) is 13.3 Å². The lowest BCUT2D eigenvalue weighted by Crippen LogP contribution is -2.27. The van der Waals surface area contributed by atoms with Crippen molar-refractivity contribution >= 4 is 11.2 Å². The molecule has 1 N–H and O–H groups in total. The smallest absolute Gasteiger partial charge is 0.207 e. The summed E-state index contributed by atoms with van der Waals surface area (Å²) >= 11 is 0. The topological polar surface area (TPSA) is 126 Å². The third-order valence-electron chi connectivity index (χ3n) is 4.75. The summed E-state index contributed by atoms with van der Waals surface area (Å²) in [5.74, 6) is 5.80. The average molecular weight is 382 g/mol. The SMILES string of the molecule is CC#Cc1nc(C)c2ncn([C@@H]3O[C@H](c4nn[nH]n4)[C@@H]4OC(C)(C)OC43)c2n1. The van der Waals surface area contributed by atoms with Gasteiger partial charge in [-0.3, -0.25) is 4.57 Å². The van der Waals surface area contributed by atoms with Crippen LogP contribution in [0.4, 0.5) is 0 Å². The van der Waals surface area contributed by atoms with Gasteiger partial charge in [0.2, 0.25) is 11.6 Å². The summed E-state index contributed by atoms with van der Waals surface area (Å²) in [4.78, 5) is 13.4. The molecule has 0 saturated carbocycles. The molecule has 0 aromatic carbocycles. The van der Waals surface area contributed by atoms with Gasteiger partial charge in [-0.2, -0.15) is 5.21 Å². The number of aromatic nitrogens is 8. The molecule has 2 aliphatic rings. The number of aryl methyl sites for hydroxylation is 1. The molecule has 5 heterocycles. The zero-order valence-electron chi connectivity index (χ0n) is 15.7. The van der Waals surface area contributed by atoms with E-state index in [-0.39, 0.29) is 0 Å². The molecule has 144 valence electrons. The summed E-state index contributed by atoms with van der Waals surface area (Å²) in [5.41, 5.74) is 2.05. The Labute approximate surface area is 159 Å². The Morgan fingerprint density at radius 2 is 2.04 bits per heavy atom. The summed E-state index contributed by atoms with van der Waals surface area (Å²) < 4.78 is 20.3. The lowest BCUT2D eigenvalue weighted by Gasteiger charge is -2.23. The van der Waals surface area contributed by atoms with Crippen molar-refractivity contribution in [2.45, 2.75) is 58.0 Å². The maximum absolute atomic E-state index is 6.25. The molecule has 0 spiro atoms. The number of rotatable bonds is 2. The van der Waals surface area contributed by atoms with Gasteiger partial charge in [0.1, 0.15) is 17.7 Å². The first-order valence-electron chi connectivity index (χ1n) is 8.85. The Morgan fingerprint density at radius 3 is 2.79 bits per heavy atom. The molecular formula is C17H18N8O3. The van der Waals surface area contributed by atoms with Crippen LogP contribution in [0.15, 0.2) is 6.33 Å². The van der Waals surface area contributed by atoms with E-state index in [9.17, 15) is 0 Å².